The fraction of sp³-hybridized carbons (Fsp3) is 0.412. The van der Waals surface area contributed by atoms with Gasteiger partial charge >= 0.3 is 12.1 Å². The van der Waals surface area contributed by atoms with Gasteiger partial charge in [0.1, 0.15) is 5.60 Å². The number of carbonyl (C=O) groups excluding carboxylic acids is 2. The van der Waals surface area contributed by atoms with Crippen molar-refractivity contribution in [3.8, 4) is 0 Å². The second-order valence-corrected chi connectivity index (χ2v) is 6.10. The Bertz CT molecular complexity index is 574. The van der Waals surface area contributed by atoms with Crippen molar-refractivity contribution in [3.63, 3.8) is 0 Å². The van der Waals surface area contributed by atoms with Crippen LogP contribution in [-0.2, 0) is 14.3 Å². The molecule has 1 aromatic carbocycles. The molecule has 1 aromatic rings. The Balaban J connectivity index is 2.32. The zero-order valence-electron chi connectivity index (χ0n) is 13.3. The van der Waals surface area contributed by atoms with Crippen LogP contribution in [0.15, 0.2) is 42.5 Å². The van der Waals surface area contributed by atoms with Crippen LogP contribution in [0, 0.1) is 0 Å². The summed E-state index contributed by atoms with van der Waals surface area (Å²) in [6.07, 6.45) is 2.95. The maximum Gasteiger partial charge on any atom is 0.412 e. The monoisotopic (exact) mass is 303 g/mol. The number of hydrogen-bond donors (Lipinski definition) is 0. The molecule has 2 rings (SSSR count). The number of benzene rings is 1. The molecular formula is C17H21NO4. The maximum atomic E-state index is 12.5. The van der Waals surface area contributed by atoms with Crippen LogP contribution in [0.2, 0.25) is 0 Å². The highest BCUT2D eigenvalue weighted by molar-refractivity contribution is 5.85. The minimum atomic E-state index is -0.773. The van der Waals surface area contributed by atoms with E-state index in [0.717, 1.165) is 5.56 Å². The standard InChI is InChI=1S/C17H21NO4/c1-17(2,3)22-16(20)18-13(12-8-6-5-7-9-12)10-11-14(18)15(19)21-4/h5-11,13-14H,1-4H3/t13?,14-/m0/s1. The SMILES string of the molecule is COC(=O)[C@@H]1C=CC(c2ccccc2)N1C(=O)OC(C)(C)C. The van der Waals surface area contributed by atoms with Gasteiger partial charge in [-0.3, -0.25) is 4.90 Å². The molecule has 5 nitrogen and oxygen atoms in total. The number of amides is 1. The van der Waals surface area contributed by atoms with Crippen molar-refractivity contribution >= 4 is 12.1 Å². The van der Waals surface area contributed by atoms with Crippen molar-refractivity contribution in [2.24, 2.45) is 0 Å². The van der Waals surface area contributed by atoms with Gasteiger partial charge in [-0.2, -0.15) is 0 Å². The zero-order valence-corrected chi connectivity index (χ0v) is 13.3. The van der Waals surface area contributed by atoms with Gasteiger partial charge in [0.15, 0.2) is 6.04 Å². The third-order valence-electron chi connectivity index (χ3n) is 3.26. The molecule has 0 aliphatic carbocycles. The summed E-state index contributed by atoms with van der Waals surface area (Å²) in [6.45, 7) is 5.37. The number of rotatable bonds is 2. The quantitative estimate of drug-likeness (QED) is 0.622. The molecule has 1 heterocycles. The zero-order chi connectivity index (χ0) is 16.3. The number of methoxy groups -OCH3 is 1. The Kier molecular flexibility index (Phi) is 4.54. The summed E-state index contributed by atoms with van der Waals surface area (Å²) in [5.41, 5.74) is 0.276. The van der Waals surface area contributed by atoms with E-state index in [1.165, 1.54) is 12.0 Å². The Morgan fingerprint density at radius 3 is 2.27 bits per heavy atom. The Morgan fingerprint density at radius 2 is 1.73 bits per heavy atom. The minimum absolute atomic E-state index is 0.347. The summed E-state index contributed by atoms with van der Waals surface area (Å²) >= 11 is 0. The number of nitrogens with zero attached hydrogens (tertiary/aromatic N) is 1. The first-order chi connectivity index (χ1) is 10.3. The molecular weight excluding hydrogens is 282 g/mol. The molecule has 0 saturated carbocycles. The maximum absolute atomic E-state index is 12.5. The van der Waals surface area contributed by atoms with Crippen LogP contribution >= 0.6 is 0 Å². The highest BCUT2D eigenvalue weighted by Crippen LogP contribution is 2.32. The molecule has 0 N–H and O–H groups in total. The molecule has 0 saturated heterocycles. The average Bonchev–Trinajstić information content (AvgIpc) is 2.90. The van der Waals surface area contributed by atoms with Crippen LogP contribution in [0.5, 0.6) is 0 Å². The van der Waals surface area contributed by atoms with E-state index in [-0.39, 0.29) is 6.04 Å². The third kappa shape index (κ3) is 3.47. The molecule has 0 radical (unpaired) electrons. The summed E-state index contributed by atoms with van der Waals surface area (Å²) in [7, 11) is 1.30. The second kappa shape index (κ2) is 6.22. The van der Waals surface area contributed by atoms with E-state index in [4.69, 9.17) is 9.47 Å². The highest BCUT2D eigenvalue weighted by atomic mass is 16.6. The summed E-state index contributed by atoms with van der Waals surface area (Å²) in [4.78, 5) is 25.9. The summed E-state index contributed by atoms with van der Waals surface area (Å²) < 4.78 is 10.2. The summed E-state index contributed by atoms with van der Waals surface area (Å²) in [5, 5.41) is 0. The van der Waals surface area contributed by atoms with Gasteiger partial charge in [-0.15, -0.1) is 0 Å². The summed E-state index contributed by atoms with van der Waals surface area (Å²) in [6, 6.07) is 8.38. The molecule has 1 aliphatic rings. The fourth-order valence-electron chi connectivity index (χ4n) is 2.35. The number of hydrogen-bond acceptors (Lipinski definition) is 4. The Morgan fingerprint density at radius 1 is 1.09 bits per heavy atom. The first-order valence-corrected chi connectivity index (χ1v) is 7.16. The molecule has 118 valence electrons. The molecule has 0 fully saturated rings. The smallest absolute Gasteiger partial charge is 0.412 e. The van der Waals surface area contributed by atoms with Crippen LogP contribution in [0.4, 0.5) is 4.79 Å². The Hall–Kier alpha value is -2.30. The molecule has 0 spiro atoms. The van der Waals surface area contributed by atoms with Gasteiger partial charge in [-0.25, -0.2) is 9.59 Å². The number of ether oxygens (including phenoxy) is 2. The van der Waals surface area contributed by atoms with Crippen LogP contribution < -0.4 is 0 Å². The van der Waals surface area contributed by atoms with Crippen molar-refractivity contribution < 1.29 is 19.1 Å². The van der Waals surface area contributed by atoms with Gasteiger partial charge in [-0.05, 0) is 26.3 Å². The minimum Gasteiger partial charge on any atom is -0.467 e. The molecule has 1 unspecified atom stereocenters. The molecule has 5 heteroatoms. The van der Waals surface area contributed by atoms with Crippen LogP contribution in [0.1, 0.15) is 32.4 Å². The van der Waals surface area contributed by atoms with Crippen molar-refractivity contribution in [3.05, 3.63) is 48.0 Å². The van der Waals surface area contributed by atoms with Crippen molar-refractivity contribution in [2.45, 2.75) is 38.5 Å². The van der Waals surface area contributed by atoms with Crippen molar-refractivity contribution in [2.75, 3.05) is 7.11 Å². The van der Waals surface area contributed by atoms with Crippen LogP contribution in [0.3, 0.4) is 0 Å². The van der Waals surface area contributed by atoms with Gasteiger partial charge in [0.25, 0.3) is 0 Å². The van der Waals surface area contributed by atoms with E-state index >= 15 is 0 Å². The molecule has 0 aromatic heterocycles. The van der Waals surface area contributed by atoms with Gasteiger partial charge in [0.2, 0.25) is 0 Å². The summed E-state index contributed by atoms with van der Waals surface area (Å²) in [5.74, 6) is -0.486. The normalized spacial score (nSPS) is 20.8. The predicted octanol–water partition coefficient (Wildman–Crippen LogP) is 3.08. The van der Waals surface area contributed by atoms with E-state index in [0.29, 0.717) is 0 Å². The van der Waals surface area contributed by atoms with E-state index in [1.807, 2.05) is 36.4 Å². The molecule has 2 atom stereocenters. The largest absolute Gasteiger partial charge is 0.467 e. The first kappa shape index (κ1) is 16.1. The van der Waals surface area contributed by atoms with Gasteiger partial charge in [-0.1, -0.05) is 42.5 Å². The lowest BCUT2D eigenvalue weighted by Crippen LogP contribution is -2.45. The molecule has 1 amide bonds. The predicted molar refractivity (Wildman–Crippen MR) is 82.2 cm³/mol. The second-order valence-electron chi connectivity index (χ2n) is 6.10. The van der Waals surface area contributed by atoms with Crippen molar-refractivity contribution in [1.29, 1.82) is 0 Å². The van der Waals surface area contributed by atoms with Crippen LogP contribution in [0.25, 0.3) is 0 Å². The van der Waals surface area contributed by atoms with E-state index in [9.17, 15) is 9.59 Å². The molecule has 22 heavy (non-hydrogen) atoms. The van der Waals surface area contributed by atoms with E-state index < -0.39 is 23.7 Å². The lowest BCUT2D eigenvalue weighted by atomic mass is 10.1. The molecule has 1 aliphatic heterocycles. The lowest BCUT2D eigenvalue weighted by Gasteiger charge is -2.31. The number of esters is 1. The topological polar surface area (TPSA) is 55.8 Å². The van der Waals surface area contributed by atoms with Gasteiger partial charge < -0.3 is 9.47 Å². The number of carbonyl (C=O) groups is 2. The average molecular weight is 303 g/mol. The Labute approximate surface area is 130 Å². The van der Waals surface area contributed by atoms with E-state index in [2.05, 4.69) is 0 Å². The van der Waals surface area contributed by atoms with Crippen molar-refractivity contribution in [1.82, 2.24) is 4.90 Å². The fourth-order valence-corrected chi connectivity index (χ4v) is 2.35. The van der Waals surface area contributed by atoms with Crippen LogP contribution in [-0.4, -0.2) is 35.7 Å². The third-order valence-corrected chi connectivity index (χ3v) is 3.26. The highest BCUT2D eigenvalue weighted by Gasteiger charge is 2.40. The van der Waals surface area contributed by atoms with Gasteiger partial charge in [0, 0.05) is 0 Å². The first-order valence-electron chi connectivity index (χ1n) is 7.16. The van der Waals surface area contributed by atoms with Gasteiger partial charge in [0.05, 0.1) is 13.2 Å². The van der Waals surface area contributed by atoms with E-state index in [1.54, 1.807) is 26.8 Å². The lowest BCUT2D eigenvalue weighted by molar-refractivity contribution is -0.145. The molecule has 0 bridgehead atoms.